The number of rotatable bonds is 8. The normalized spacial score (nSPS) is 16.2. The van der Waals surface area contributed by atoms with Gasteiger partial charge in [-0.3, -0.25) is 9.69 Å². The maximum Gasteiger partial charge on any atom is 0.251 e. The molecule has 0 aliphatic carbocycles. The molecule has 1 unspecified atom stereocenters. The molecule has 0 saturated carbocycles. The zero-order valence-corrected chi connectivity index (χ0v) is 18.8. The Balaban J connectivity index is 1.58. The third-order valence-electron chi connectivity index (χ3n) is 5.47. The number of amides is 1. The summed E-state index contributed by atoms with van der Waals surface area (Å²) in [7, 11) is 0. The van der Waals surface area contributed by atoms with Crippen molar-refractivity contribution < 1.29 is 9.32 Å². The van der Waals surface area contributed by atoms with Crippen molar-refractivity contribution in [1.29, 1.82) is 0 Å². The first-order chi connectivity index (χ1) is 15.1. The molecule has 0 spiro atoms. The number of carbonyl (C=O) groups is 1. The summed E-state index contributed by atoms with van der Waals surface area (Å²) in [6, 6.07) is 9.80. The highest BCUT2D eigenvalue weighted by Crippen LogP contribution is 2.10. The number of guanidine groups is 1. The number of carbonyl (C=O) groups excluding carboxylic acids is 1. The standard InChI is InChI=1S/C23H34N6O2/c1-4-18(3)26-22(30)20-8-6-7-19(15-20)16-25-23(24-5-2)29-12-10-28(11-13-29)17-21-9-14-31-27-21/h6-9,14-15,18H,4-5,10-13,16-17H2,1-3H3,(H,24,25)(H,26,30). The molecule has 168 valence electrons. The van der Waals surface area contributed by atoms with Gasteiger partial charge in [0, 0.05) is 56.9 Å². The topological polar surface area (TPSA) is 86.0 Å². The number of benzene rings is 1. The Morgan fingerprint density at radius 3 is 2.71 bits per heavy atom. The van der Waals surface area contributed by atoms with Gasteiger partial charge in [-0.25, -0.2) is 4.99 Å². The highest BCUT2D eigenvalue weighted by Gasteiger charge is 2.20. The fraction of sp³-hybridized carbons (Fsp3) is 0.522. The Morgan fingerprint density at radius 1 is 1.23 bits per heavy atom. The summed E-state index contributed by atoms with van der Waals surface area (Å²) >= 11 is 0. The largest absolute Gasteiger partial charge is 0.364 e. The van der Waals surface area contributed by atoms with Gasteiger partial charge in [-0.05, 0) is 38.0 Å². The molecule has 2 N–H and O–H groups in total. The van der Waals surface area contributed by atoms with Crippen LogP contribution < -0.4 is 10.6 Å². The van der Waals surface area contributed by atoms with Crippen molar-refractivity contribution in [2.45, 2.75) is 46.3 Å². The third-order valence-corrected chi connectivity index (χ3v) is 5.47. The van der Waals surface area contributed by atoms with Gasteiger partial charge < -0.3 is 20.1 Å². The van der Waals surface area contributed by atoms with Crippen LogP contribution in [-0.4, -0.2) is 65.6 Å². The van der Waals surface area contributed by atoms with E-state index in [9.17, 15) is 4.79 Å². The van der Waals surface area contributed by atoms with Crippen molar-refractivity contribution in [2.24, 2.45) is 4.99 Å². The SMILES string of the molecule is CCNC(=NCc1cccc(C(=O)NC(C)CC)c1)N1CCN(Cc2ccon2)CC1. The molecule has 0 bridgehead atoms. The number of hydrogen-bond donors (Lipinski definition) is 2. The van der Waals surface area contributed by atoms with Gasteiger partial charge in [-0.15, -0.1) is 0 Å². The van der Waals surface area contributed by atoms with Gasteiger partial charge in [0.05, 0.1) is 12.2 Å². The van der Waals surface area contributed by atoms with E-state index in [4.69, 9.17) is 9.52 Å². The summed E-state index contributed by atoms with van der Waals surface area (Å²) in [4.78, 5) is 21.9. The predicted octanol–water partition coefficient (Wildman–Crippen LogP) is 2.49. The molecule has 1 aliphatic rings. The van der Waals surface area contributed by atoms with Gasteiger partial charge >= 0.3 is 0 Å². The first-order valence-corrected chi connectivity index (χ1v) is 11.1. The van der Waals surface area contributed by atoms with Crippen molar-refractivity contribution in [1.82, 2.24) is 25.6 Å². The number of nitrogens with zero attached hydrogens (tertiary/aromatic N) is 4. The first kappa shape index (κ1) is 22.8. The van der Waals surface area contributed by atoms with Gasteiger partial charge in [0.15, 0.2) is 5.96 Å². The van der Waals surface area contributed by atoms with E-state index < -0.39 is 0 Å². The molecule has 0 radical (unpaired) electrons. The summed E-state index contributed by atoms with van der Waals surface area (Å²) in [5, 5.41) is 10.4. The van der Waals surface area contributed by atoms with E-state index in [0.717, 1.165) is 62.9 Å². The smallest absolute Gasteiger partial charge is 0.251 e. The minimum absolute atomic E-state index is 0.0321. The van der Waals surface area contributed by atoms with Crippen molar-refractivity contribution in [3.63, 3.8) is 0 Å². The van der Waals surface area contributed by atoms with Crippen LogP contribution in [0.4, 0.5) is 0 Å². The van der Waals surface area contributed by atoms with E-state index in [2.05, 4.69) is 39.4 Å². The molecule has 1 amide bonds. The van der Waals surface area contributed by atoms with Crippen molar-refractivity contribution in [3.8, 4) is 0 Å². The molecule has 1 fully saturated rings. The molecule has 1 aromatic heterocycles. The molecule has 8 nitrogen and oxygen atoms in total. The Kier molecular flexibility index (Phi) is 8.46. The zero-order chi connectivity index (χ0) is 22.1. The van der Waals surface area contributed by atoms with Crippen LogP contribution in [-0.2, 0) is 13.1 Å². The van der Waals surface area contributed by atoms with E-state index in [0.29, 0.717) is 12.1 Å². The average Bonchev–Trinajstić information content (AvgIpc) is 3.30. The molecule has 8 heteroatoms. The lowest BCUT2D eigenvalue weighted by molar-refractivity contribution is 0.0939. The van der Waals surface area contributed by atoms with E-state index in [1.54, 1.807) is 6.26 Å². The molecule has 1 aromatic carbocycles. The second-order valence-corrected chi connectivity index (χ2v) is 7.91. The molecule has 1 aliphatic heterocycles. The number of aliphatic imine (C=N–C) groups is 1. The fourth-order valence-electron chi connectivity index (χ4n) is 3.48. The fourth-order valence-corrected chi connectivity index (χ4v) is 3.48. The summed E-state index contributed by atoms with van der Waals surface area (Å²) in [6.45, 7) is 12.0. The molecule has 1 saturated heterocycles. The molecule has 1 atom stereocenters. The second kappa shape index (κ2) is 11.5. The summed E-state index contributed by atoms with van der Waals surface area (Å²) in [5.41, 5.74) is 2.67. The Morgan fingerprint density at radius 2 is 2.03 bits per heavy atom. The van der Waals surface area contributed by atoms with Crippen LogP contribution in [0.15, 0.2) is 46.1 Å². The van der Waals surface area contributed by atoms with Gasteiger partial charge in [-0.2, -0.15) is 0 Å². The van der Waals surface area contributed by atoms with Gasteiger partial charge in [-0.1, -0.05) is 24.2 Å². The number of piperazine rings is 1. The zero-order valence-electron chi connectivity index (χ0n) is 18.8. The maximum absolute atomic E-state index is 12.4. The Bertz CT molecular complexity index is 844. The van der Waals surface area contributed by atoms with E-state index in [1.807, 2.05) is 37.3 Å². The number of hydrogen-bond acceptors (Lipinski definition) is 5. The Hall–Kier alpha value is -2.87. The number of nitrogens with one attached hydrogen (secondary N) is 2. The van der Waals surface area contributed by atoms with E-state index in [-0.39, 0.29) is 11.9 Å². The quantitative estimate of drug-likeness (QED) is 0.498. The van der Waals surface area contributed by atoms with Crippen LogP contribution in [0.25, 0.3) is 0 Å². The Labute approximate surface area is 184 Å². The third kappa shape index (κ3) is 6.82. The van der Waals surface area contributed by atoms with Gasteiger partial charge in [0.25, 0.3) is 5.91 Å². The van der Waals surface area contributed by atoms with E-state index >= 15 is 0 Å². The van der Waals surface area contributed by atoms with E-state index in [1.165, 1.54) is 0 Å². The summed E-state index contributed by atoms with van der Waals surface area (Å²) in [5.74, 6) is 0.883. The second-order valence-electron chi connectivity index (χ2n) is 7.91. The highest BCUT2D eigenvalue weighted by molar-refractivity contribution is 5.94. The average molecular weight is 427 g/mol. The molecule has 3 rings (SSSR count). The van der Waals surface area contributed by atoms with Crippen LogP contribution in [0.5, 0.6) is 0 Å². The van der Waals surface area contributed by atoms with Crippen molar-refractivity contribution >= 4 is 11.9 Å². The maximum atomic E-state index is 12.4. The minimum Gasteiger partial charge on any atom is -0.364 e. The van der Waals surface area contributed by atoms with Crippen LogP contribution in [0.3, 0.4) is 0 Å². The summed E-state index contributed by atoms with van der Waals surface area (Å²) in [6.07, 6.45) is 2.53. The summed E-state index contributed by atoms with van der Waals surface area (Å²) < 4.78 is 4.93. The van der Waals surface area contributed by atoms with Gasteiger partial charge in [0.1, 0.15) is 6.26 Å². The van der Waals surface area contributed by atoms with Crippen LogP contribution in [0.1, 0.15) is 48.8 Å². The lowest BCUT2D eigenvalue weighted by atomic mass is 10.1. The first-order valence-electron chi connectivity index (χ1n) is 11.1. The van der Waals surface area contributed by atoms with Crippen LogP contribution in [0.2, 0.25) is 0 Å². The molecular weight excluding hydrogens is 392 g/mol. The van der Waals surface area contributed by atoms with Crippen molar-refractivity contribution in [2.75, 3.05) is 32.7 Å². The lowest BCUT2D eigenvalue weighted by Crippen LogP contribution is -2.52. The monoisotopic (exact) mass is 426 g/mol. The molecule has 2 heterocycles. The van der Waals surface area contributed by atoms with Crippen LogP contribution in [0, 0.1) is 0 Å². The van der Waals surface area contributed by atoms with Crippen LogP contribution >= 0.6 is 0 Å². The minimum atomic E-state index is -0.0321. The van der Waals surface area contributed by atoms with Gasteiger partial charge in [0.2, 0.25) is 0 Å². The molecular formula is C23H34N6O2. The van der Waals surface area contributed by atoms with Crippen molar-refractivity contribution in [3.05, 3.63) is 53.4 Å². The lowest BCUT2D eigenvalue weighted by Gasteiger charge is -2.36. The highest BCUT2D eigenvalue weighted by atomic mass is 16.5. The molecule has 2 aromatic rings. The number of aromatic nitrogens is 1. The molecule has 31 heavy (non-hydrogen) atoms. The predicted molar refractivity (Wildman–Crippen MR) is 122 cm³/mol.